The third kappa shape index (κ3) is 7.61. The van der Waals surface area contributed by atoms with Crippen molar-refractivity contribution in [1.82, 2.24) is 15.5 Å². The van der Waals surface area contributed by atoms with Crippen molar-refractivity contribution in [2.45, 2.75) is 38.4 Å². The number of halogens is 2. The van der Waals surface area contributed by atoms with E-state index in [1.165, 1.54) is 11.0 Å². The number of alkyl halides is 1. The van der Waals surface area contributed by atoms with Crippen LogP contribution in [0.2, 0.25) is 0 Å². The van der Waals surface area contributed by atoms with Crippen molar-refractivity contribution in [2.75, 3.05) is 19.0 Å². The van der Waals surface area contributed by atoms with Gasteiger partial charge in [0.05, 0.1) is 5.56 Å². The molecule has 9 nitrogen and oxygen atoms in total. The first-order chi connectivity index (χ1) is 23.7. The molecule has 4 aromatic carbocycles. The van der Waals surface area contributed by atoms with Crippen LogP contribution in [0.25, 0.3) is 11.1 Å². The Labute approximate surface area is 288 Å². The zero-order chi connectivity index (χ0) is 34.5. The summed E-state index contributed by atoms with van der Waals surface area (Å²) in [5.41, 5.74) is 5.85. The number of hydrogen-bond donors (Lipinski definition) is 4. The van der Waals surface area contributed by atoms with Crippen molar-refractivity contribution in [3.63, 3.8) is 0 Å². The van der Waals surface area contributed by atoms with Crippen LogP contribution in [-0.4, -0.2) is 57.9 Å². The highest BCUT2D eigenvalue weighted by molar-refractivity contribution is 6.18. The van der Waals surface area contributed by atoms with Crippen LogP contribution < -0.4 is 15.4 Å². The molecule has 0 aromatic heterocycles. The number of carbonyl (C=O) groups excluding carboxylic acids is 3. The number of phenolic OH excluding ortho intramolecular Hbond substituents is 2. The highest BCUT2D eigenvalue weighted by Gasteiger charge is 2.40. The van der Waals surface area contributed by atoms with Crippen LogP contribution >= 0.6 is 11.6 Å². The Morgan fingerprint density at radius 1 is 0.918 bits per heavy atom. The number of carbonyl (C=O) groups is 3. The maximum atomic E-state index is 15.0. The summed E-state index contributed by atoms with van der Waals surface area (Å²) in [4.78, 5) is 38.1. The normalized spacial score (nSPS) is 16.3. The molecule has 49 heavy (non-hydrogen) atoms. The summed E-state index contributed by atoms with van der Waals surface area (Å²) in [7, 11) is 0. The van der Waals surface area contributed by atoms with E-state index >= 15 is 4.39 Å². The topological polar surface area (TPSA) is 128 Å². The zero-order valence-electron chi connectivity index (χ0n) is 26.5. The van der Waals surface area contributed by atoms with E-state index in [9.17, 15) is 24.6 Å². The monoisotopic (exact) mass is 683 g/mol. The Morgan fingerprint density at radius 3 is 2.18 bits per heavy atom. The molecular weight excluding hydrogens is 649 g/mol. The molecule has 1 saturated heterocycles. The van der Waals surface area contributed by atoms with E-state index in [2.05, 4.69) is 10.6 Å². The van der Waals surface area contributed by atoms with E-state index < -0.39 is 23.7 Å². The van der Waals surface area contributed by atoms with E-state index in [0.717, 1.165) is 27.8 Å². The van der Waals surface area contributed by atoms with Crippen molar-refractivity contribution < 1.29 is 33.7 Å². The summed E-state index contributed by atoms with van der Waals surface area (Å²) < 4.78 is 21.0. The number of allylic oxidation sites excluding steroid dienone is 1. The smallest absolute Gasteiger partial charge is 0.258 e. The molecule has 1 fully saturated rings. The fourth-order valence-electron chi connectivity index (χ4n) is 6.33. The molecule has 0 radical (unpaired) electrons. The minimum Gasteiger partial charge on any atom is -0.508 e. The second-order valence-corrected chi connectivity index (χ2v) is 12.3. The molecule has 0 aliphatic carbocycles. The predicted octanol–water partition coefficient (Wildman–Crippen LogP) is 5.75. The van der Waals surface area contributed by atoms with Crippen LogP contribution in [-0.2, 0) is 22.7 Å². The highest BCUT2D eigenvalue weighted by Crippen LogP contribution is 2.36. The Bertz CT molecular complexity index is 1890. The van der Waals surface area contributed by atoms with Crippen LogP contribution in [0.15, 0.2) is 84.9 Å². The number of ether oxygens (including phenoxy) is 1. The lowest BCUT2D eigenvalue weighted by Gasteiger charge is -2.29. The van der Waals surface area contributed by atoms with Crippen molar-refractivity contribution in [1.29, 1.82) is 0 Å². The van der Waals surface area contributed by atoms with Gasteiger partial charge in [-0.2, -0.15) is 0 Å². The molecule has 1 unspecified atom stereocenters. The molecule has 0 bridgehead atoms. The quantitative estimate of drug-likeness (QED) is 0.0648. The second-order valence-electron chi connectivity index (χ2n) is 11.9. The molecule has 4 aromatic rings. The van der Waals surface area contributed by atoms with Crippen molar-refractivity contribution in [3.05, 3.63) is 124 Å². The Morgan fingerprint density at radius 2 is 1.55 bits per heavy atom. The fourth-order valence-corrected chi connectivity index (χ4v) is 6.52. The highest BCUT2D eigenvalue weighted by atomic mass is 35.5. The Hall–Kier alpha value is -5.19. The number of imide groups is 1. The molecule has 0 spiro atoms. The van der Waals surface area contributed by atoms with Gasteiger partial charge in [-0.3, -0.25) is 19.7 Å². The SMILES string of the molecule is O=C1CCC(N2Cc3cc(CNCCOc4ccc(C(=C(CCCl)c5ccc(O)cc5)c5ccc(O)cc5)cc4)cc(F)c3C2=O)C(=O)N1. The maximum absolute atomic E-state index is 15.0. The van der Waals surface area contributed by atoms with Gasteiger partial charge < -0.3 is 25.2 Å². The molecule has 6 rings (SSSR count). The molecule has 3 amide bonds. The first-order valence-electron chi connectivity index (χ1n) is 16.0. The summed E-state index contributed by atoms with van der Waals surface area (Å²) in [6.07, 6.45) is 0.929. The number of rotatable bonds is 12. The number of amides is 3. The van der Waals surface area contributed by atoms with Crippen molar-refractivity contribution in [2.24, 2.45) is 0 Å². The van der Waals surface area contributed by atoms with Gasteiger partial charge in [0.25, 0.3) is 5.91 Å². The average Bonchev–Trinajstić information content (AvgIpc) is 3.42. The summed E-state index contributed by atoms with van der Waals surface area (Å²) in [6, 6.07) is 24.0. The summed E-state index contributed by atoms with van der Waals surface area (Å²) >= 11 is 6.24. The maximum Gasteiger partial charge on any atom is 0.258 e. The van der Waals surface area contributed by atoms with Crippen LogP contribution in [0.5, 0.6) is 17.2 Å². The van der Waals surface area contributed by atoms with Crippen LogP contribution in [0.1, 0.15) is 57.4 Å². The molecule has 252 valence electrons. The van der Waals surface area contributed by atoms with Gasteiger partial charge in [0.1, 0.15) is 35.7 Å². The predicted molar refractivity (Wildman–Crippen MR) is 184 cm³/mol. The largest absolute Gasteiger partial charge is 0.508 e. The van der Waals surface area contributed by atoms with E-state index in [-0.39, 0.29) is 42.4 Å². The number of hydrogen-bond acceptors (Lipinski definition) is 7. The molecule has 2 heterocycles. The van der Waals surface area contributed by atoms with E-state index in [1.54, 1.807) is 30.3 Å². The van der Waals surface area contributed by atoms with Crippen LogP contribution in [0.4, 0.5) is 4.39 Å². The lowest BCUT2D eigenvalue weighted by Crippen LogP contribution is -2.52. The standard InChI is InChI=1S/C38H35ClFN3O6/c39-16-15-31(24-1-7-28(44)8-2-24)35(25-3-9-29(45)10-4-25)26-5-11-30(12-6-26)49-18-17-41-21-23-19-27-22-43(38(48)36(27)32(40)20-23)33-13-14-34(46)42-37(33)47/h1-12,19-20,33,41,44-45H,13-18,21-22H2,(H,42,46,47). The van der Waals surface area contributed by atoms with Gasteiger partial charge in [-0.15, -0.1) is 11.6 Å². The zero-order valence-corrected chi connectivity index (χ0v) is 27.3. The summed E-state index contributed by atoms with van der Waals surface area (Å²) in [5.74, 6) is -0.691. The van der Waals surface area contributed by atoms with Crippen LogP contribution in [0.3, 0.4) is 0 Å². The Kier molecular flexibility index (Phi) is 10.3. The number of piperidine rings is 1. The van der Waals surface area contributed by atoms with Gasteiger partial charge in [-0.1, -0.05) is 42.5 Å². The van der Waals surface area contributed by atoms with E-state index in [4.69, 9.17) is 16.3 Å². The van der Waals surface area contributed by atoms with Gasteiger partial charge in [0.15, 0.2) is 0 Å². The third-order valence-electron chi connectivity index (χ3n) is 8.67. The van der Waals surface area contributed by atoms with Gasteiger partial charge >= 0.3 is 0 Å². The Balaban J connectivity index is 1.09. The number of nitrogens with zero attached hydrogens (tertiary/aromatic N) is 1. The fraction of sp³-hybridized carbons (Fsp3) is 0.237. The molecule has 2 aliphatic rings. The molecule has 4 N–H and O–H groups in total. The number of aromatic hydroxyl groups is 2. The number of fused-ring (bicyclic) bond motifs is 1. The first kappa shape index (κ1) is 33.7. The number of nitrogens with one attached hydrogen (secondary N) is 2. The third-order valence-corrected chi connectivity index (χ3v) is 8.86. The van der Waals surface area contributed by atoms with E-state index in [0.29, 0.717) is 48.9 Å². The second kappa shape index (κ2) is 14.9. The van der Waals surface area contributed by atoms with E-state index in [1.807, 2.05) is 48.5 Å². The number of benzene rings is 4. The van der Waals surface area contributed by atoms with Crippen molar-refractivity contribution in [3.8, 4) is 17.2 Å². The molecule has 0 saturated carbocycles. The summed E-state index contributed by atoms with van der Waals surface area (Å²) in [6.45, 7) is 1.28. The molecular formula is C38H35ClFN3O6. The molecule has 1 atom stereocenters. The minimum absolute atomic E-state index is 0.0264. The van der Waals surface area contributed by atoms with Gasteiger partial charge in [0.2, 0.25) is 11.8 Å². The average molecular weight is 684 g/mol. The lowest BCUT2D eigenvalue weighted by molar-refractivity contribution is -0.136. The molecule has 2 aliphatic heterocycles. The summed E-state index contributed by atoms with van der Waals surface area (Å²) in [5, 5.41) is 25.3. The lowest BCUT2D eigenvalue weighted by atomic mass is 9.88. The number of phenols is 2. The minimum atomic E-state index is -0.799. The van der Waals surface area contributed by atoms with Gasteiger partial charge in [-0.25, -0.2) is 4.39 Å². The van der Waals surface area contributed by atoms with Crippen LogP contribution in [0, 0.1) is 5.82 Å². The first-order valence-corrected chi connectivity index (χ1v) is 16.5. The van der Waals surface area contributed by atoms with Crippen molar-refractivity contribution >= 4 is 40.5 Å². The van der Waals surface area contributed by atoms with Gasteiger partial charge in [0, 0.05) is 31.9 Å². The van der Waals surface area contributed by atoms with Gasteiger partial charge in [-0.05, 0) is 94.3 Å². The molecule has 11 heteroatoms.